The molecule has 180 valence electrons. The van der Waals surface area contributed by atoms with Crippen LogP contribution in [0.3, 0.4) is 0 Å². The van der Waals surface area contributed by atoms with E-state index >= 15 is 0 Å². The molecule has 1 aliphatic rings. The number of ether oxygens (including phenoxy) is 1. The highest BCUT2D eigenvalue weighted by atomic mass is 32.2. The number of methoxy groups -OCH3 is 1. The quantitative estimate of drug-likeness (QED) is 0.418. The van der Waals surface area contributed by atoms with E-state index in [0.717, 1.165) is 41.8 Å². The Bertz CT molecular complexity index is 1090. The lowest BCUT2D eigenvalue weighted by Crippen LogP contribution is -2.45. The van der Waals surface area contributed by atoms with Gasteiger partial charge in [-0.1, -0.05) is 68.1 Å². The van der Waals surface area contributed by atoms with Crippen molar-refractivity contribution in [2.45, 2.75) is 50.6 Å². The number of rotatable bonds is 8. The summed E-state index contributed by atoms with van der Waals surface area (Å²) in [5, 5.41) is 9.60. The molecular weight excluding hydrogens is 444 g/mol. The second-order valence-corrected chi connectivity index (χ2v) is 10.7. The number of benzene rings is 2. The van der Waals surface area contributed by atoms with Crippen molar-refractivity contribution in [3.8, 4) is 17.1 Å². The number of hydrogen-bond acceptors (Lipinski definition) is 5. The van der Waals surface area contributed by atoms with E-state index in [-0.39, 0.29) is 11.2 Å². The molecule has 4 rings (SSSR count). The van der Waals surface area contributed by atoms with Crippen LogP contribution < -0.4 is 4.74 Å². The predicted molar refractivity (Wildman–Crippen MR) is 137 cm³/mol. The molecule has 0 N–H and O–H groups in total. The standard InChI is InChI=1S/C27H34N4O2S/c1-19-16-20(2)18-30(17-19)26(32)21(3)34-27-29-28-25(23-12-8-9-13-24(23)33-4)31(27)15-14-22-10-6-5-7-11-22/h5-13,19-21H,14-18H2,1-4H3. The lowest BCUT2D eigenvalue weighted by molar-refractivity contribution is -0.132. The molecule has 3 aromatic rings. The summed E-state index contributed by atoms with van der Waals surface area (Å²) in [5.74, 6) is 2.77. The van der Waals surface area contributed by atoms with Gasteiger partial charge in [-0.3, -0.25) is 4.79 Å². The van der Waals surface area contributed by atoms with Gasteiger partial charge in [-0.25, -0.2) is 0 Å². The van der Waals surface area contributed by atoms with E-state index in [9.17, 15) is 4.79 Å². The van der Waals surface area contributed by atoms with Crippen molar-refractivity contribution >= 4 is 17.7 Å². The third-order valence-corrected chi connectivity index (χ3v) is 7.41. The van der Waals surface area contributed by atoms with Gasteiger partial charge in [-0.05, 0) is 49.3 Å². The summed E-state index contributed by atoms with van der Waals surface area (Å²) in [7, 11) is 1.67. The number of aryl methyl sites for hydroxylation is 1. The molecule has 6 nitrogen and oxygen atoms in total. The number of hydrogen-bond donors (Lipinski definition) is 0. The topological polar surface area (TPSA) is 60.3 Å². The number of thioether (sulfide) groups is 1. The van der Waals surface area contributed by atoms with Crippen LogP contribution in [0.15, 0.2) is 59.8 Å². The minimum absolute atomic E-state index is 0.180. The van der Waals surface area contributed by atoms with Gasteiger partial charge in [-0.15, -0.1) is 10.2 Å². The zero-order valence-corrected chi connectivity index (χ0v) is 21.3. The summed E-state index contributed by atoms with van der Waals surface area (Å²) in [6.07, 6.45) is 2.03. The summed E-state index contributed by atoms with van der Waals surface area (Å²) in [6, 6.07) is 18.3. The summed E-state index contributed by atoms with van der Waals surface area (Å²) < 4.78 is 7.72. The van der Waals surface area contributed by atoms with Crippen LogP contribution in [0.4, 0.5) is 0 Å². The minimum atomic E-state index is -0.234. The highest BCUT2D eigenvalue weighted by Gasteiger charge is 2.30. The van der Waals surface area contributed by atoms with E-state index < -0.39 is 0 Å². The third kappa shape index (κ3) is 5.63. The maximum atomic E-state index is 13.3. The summed E-state index contributed by atoms with van der Waals surface area (Å²) in [4.78, 5) is 15.3. The van der Waals surface area contributed by atoms with Gasteiger partial charge in [0.1, 0.15) is 5.75 Å². The second kappa shape index (κ2) is 11.1. The number of carbonyl (C=O) groups is 1. The Morgan fingerprint density at radius 2 is 1.74 bits per heavy atom. The molecule has 1 aliphatic heterocycles. The largest absolute Gasteiger partial charge is 0.496 e. The first-order valence-electron chi connectivity index (χ1n) is 12.0. The lowest BCUT2D eigenvalue weighted by Gasteiger charge is -2.36. The first-order valence-corrected chi connectivity index (χ1v) is 12.9. The van der Waals surface area contributed by atoms with Crippen LogP contribution in [0.1, 0.15) is 32.8 Å². The number of piperidine rings is 1. The van der Waals surface area contributed by atoms with Crippen LogP contribution in [0, 0.1) is 11.8 Å². The molecule has 3 unspecified atom stereocenters. The second-order valence-electron chi connectivity index (χ2n) is 9.34. The van der Waals surface area contributed by atoms with Gasteiger partial charge in [0.15, 0.2) is 11.0 Å². The van der Waals surface area contributed by atoms with E-state index in [1.165, 1.54) is 23.7 Å². The maximum Gasteiger partial charge on any atom is 0.235 e. The van der Waals surface area contributed by atoms with Gasteiger partial charge in [0.25, 0.3) is 0 Å². The molecule has 1 aromatic heterocycles. The van der Waals surface area contributed by atoms with Crippen LogP contribution >= 0.6 is 11.8 Å². The van der Waals surface area contributed by atoms with Crippen LogP contribution in [0.2, 0.25) is 0 Å². The zero-order chi connectivity index (χ0) is 24.1. The molecule has 0 aliphatic carbocycles. The Morgan fingerprint density at radius 3 is 2.44 bits per heavy atom. The fourth-order valence-electron chi connectivity index (χ4n) is 4.80. The highest BCUT2D eigenvalue weighted by Crippen LogP contribution is 2.33. The number of nitrogens with zero attached hydrogens (tertiary/aromatic N) is 4. The fraction of sp³-hybridized carbons (Fsp3) is 0.444. The van der Waals surface area contributed by atoms with Crippen LogP contribution in [-0.2, 0) is 17.8 Å². The van der Waals surface area contributed by atoms with E-state index in [1.807, 2.05) is 42.2 Å². The average molecular weight is 479 g/mol. The number of para-hydroxylation sites is 1. The molecule has 0 saturated carbocycles. The van der Waals surface area contributed by atoms with E-state index in [1.54, 1.807) is 7.11 Å². The molecule has 0 spiro atoms. The van der Waals surface area contributed by atoms with Gasteiger partial charge in [-0.2, -0.15) is 0 Å². The molecule has 2 aromatic carbocycles. The fourth-order valence-corrected chi connectivity index (χ4v) is 5.76. The Balaban J connectivity index is 1.59. The minimum Gasteiger partial charge on any atom is -0.496 e. The Hall–Kier alpha value is -2.80. The molecule has 0 bridgehead atoms. The van der Waals surface area contributed by atoms with Crippen molar-refractivity contribution in [2.24, 2.45) is 11.8 Å². The normalized spacial score (nSPS) is 19.1. The van der Waals surface area contributed by atoms with Crippen molar-refractivity contribution in [3.63, 3.8) is 0 Å². The van der Waals surface area contributed by atoms with Gasteiger partial charge in [0.05, 0.1) is 17.9 Å². The monoisotopic (exact) mass is 478 g/mol. The molecule has 1 saturated heterocycles. The summed E-state index contributed by atoms with van der Waals surface area (Å²) >= 11 is 1.50. The van der Waals surface area contributed by atoms with Crippen molar-refractivity contribution in [3.05, 3.63) is 60.2 Å². The molecule has 7 heteroatoms. The van der Waals surface area contributed by atoms with Crippen molar-refractivity contribution in [1.29, 1.82) is 0 Å². The van der Waals surface area contributed by atoms with Crippen molar-refractivity contribution in [1.82, 2.24) is 19.7 Å². The first kappa shape index (κ1) is 24.3. The van der Waals surface area contributed by atoms with Gasteiger partial charge < -0.3 is 14.2 Å². The maximum absolute atomic E-state index is 13.3. The molecular formula is C27H34N4O2S. The summed E-state index contributed by atoms with van der Waals surface area (Å²) in [6.45, 7) is 8.82. The zero-order valence-electron chi connectivity index (χ0n) is 20.5. The number of aromatic nitrogens is 3. The summed E-state index contributed by atoms with van der Waals surface area (Å²) in [5.41, 5.74) is 2.15. The highest BCUT2D eigenvalue weighted by molar-refractivity contribution is 8.00. The lowest BCUT2D eigenvalue weighted by atomic mass is 9.92. The third-order valence-electron chi connectivity index (χ3n) is 6.34. The molecule has 0 radical (unpaired) electrons. The molecule has 1 amide bonds. The van der Waals surface area contributed by atoms with Crippen molar-refractivity contribution in [2.75, 3.05) is 20.2 Å². The Morgan fingerprint density at radius 1 is 1.06 bits per heavy atom. The average Bonchev–Trinajstić information content (AvgIpc) is 3.24. The SMILES string of the molecule is COc1ccccc1-c1nnc(SC(C)C(=O)N2CC(C)CC(C)C2)n1CCc1ccccc1. The number of amides is 1. The van der Waals surface area contributed by atoms with Gasteiger partial charge >= 0.3 is 0 Å². The van der Waals surface area contributed by atoms with Crippen LogP contribution in [-0.4, -0.2) is 51.0 Å². The van der Waals surface area contributed by atoms with Gasteiger partial charge in [0, 0.05) is 19.6 Å². The van der Waals surface area contributed by atoms with E-state index in [0.29, 0.717) is 18.4 Å². The smallest absolute Gasteiger partial charge is 0.235 e. The molecule has 3 atom stereocenters. The molecule has 34 heavy (non-hydrogen) atoms. The first-order chi connectivity index (χ1) is 16.5. The van der Waals surface area contributed by atoms with E-state index in [2.05, 4.69) is 52.9 Å². The van der Waals surface area contributed by atoms with Gasteiger partial charge in [0.2, 0.25) is 5.91 Å². The Kier molecular flexibility index (Phi) is 7.93. The molecule has 2 heterocycles. The molecule has 1 fully saturated rings. The van der Waals surface area contributed by atoms with Crippen molar-refractivity contribution < 1.29 is 9.53 Å². The Labute approximate surface area is 206 Å². The van der Waals surface area contributed by atoms with Crippen LogP contribution in [0.5, 0.6) is 5.75 Å². The predicted octanol–water partition coefficient (Wildman–Crippen LogP) is 5.18. The number of carbonyl (C=O) groups excluding carboxylic acids is 1. The number of likely N-dealkylation sites (tertiary alicyclic amines) is 1. The van der Waals surface area contributed by atoms with E-state index in [4.69, 9.17) is 4.74 Å². The van der Waals surface area contributed by atoms with Crippen LogP contribution in [0.25, 0.3) is 11.4 Å².